The molecule has 11 heavy (non-hydrogen) atoms. The summed E-state index contributed by atoms with van der Waals surface area (Å²) in [7, 11) is 0. The molecular weight excluding hydrogens is 144 g/mol. The van der Waals surface area contributed by atoms with Gasteiger partial charge in [-0.05, 0) is 12.1 Å². The van der Waals surface area contributed by atoms with Crippen LogP contribution in [0, 0.1) is 5.82 Å². The van der Waals surface area contributed by atoms with E-state index in [-0.39, 0.29) is 18.9 Å². The Balaban J connectivity index is 0.000001000. The maximum absolute atomic E-state index is 12.4. The molecule has 0 aliphatic rings. The van der Waals surface area contributed by atoms with E-state index in [2.05, 4.69) is 4.98 Å². The monoisotopic (exact) mass is 147 g/mol. The molecule has 0 saturated carbocycles. The van der Waals surface area contributed by atoms with Crippen LogP contribution in [0.25, 0.3) is 0 Å². The minimum Gasteiger partial charge on any atom is -0.543 e. The molecular formula is C6H3FLiNO2. The Kier molecular flexibility index (Phi) is 3.80. The van der Waals surface area contributed by atoms with Crippen molar-refractivity contribution >= 4 is 5.97 Å². The fourth-order valence-electron chi connectivity index (χ4n) is 0.536. The number of aromatic nitrogens is 1. The Bertz CT molecular complexity index is 267. The molecule has 0 aliphatic carbocycles. The molecule has 0 bridgehead atoms. The molecule has 1 heterocycles. The zero-order valence-electron chi connectivity index (χ0n) is 5.87. The molecule has 3 nitrogen and oxygen atoms in total. The number of carbonyl (C=O) groups excluding carboxylic acids is 1. The summed E-state index contributed by atoms with van der Waals surface area (Å²) in [4.78, 5) is 13.2. The minimum absolute atomic E-state index is 0. The van der Waals surface area contributed by atoms with Crippen molar-refractivity contribution < 1.29 is 33.2 Å². The molecule has 0 saturated heterocycles. The Labute approximate surface area is 74.4 Å². The van der Waals surface area contributed by atoms with Gasteiger partial charge in [0.15, 0.2) is 5.82 Å². The van der Waals surface area contributed by atoms with Gasteiger partial charge in [-0.15, -0.1) is 0 Å². The van der Waals surface area contributed by atoms with Crippen molar-refractivity contribution in [1.29, 1.82) is 0 Å². The van der Waals surface area contributed by atoms with Gasteiger partial charge < -0.3 is 9.90 Å². The molecule has 1 aromatic rings. The van der Waals surface area contributed by atoms with Crippen molar-refractivity contribution in [2.45, 2.75) is 0 Å². The smallest absolute Gasteiger partial charge is 0.543 e. The summed E-state index contributed by atoms with van der Waals surface area (Å²) in [5.74, 6) is -2.47. The van der Waals surface area contributed by atoms with Crippen molar-refractivity contribution in [3.63, 3.8) is 0 Å². The zero-order chi connectivity index (χ0) is 7.56. The number of hydrogen-bond acceptors (Lipinski definition) is 3. The van der Waals surface area contributed by atoms with E-state index >= 15 is 0 Å². The normalized spacial score (nSPS) is 8.45. The molecule has 0 amide bonds. The summed E-state index contributed by atoms with van der Waals surface area (Å²) >= 11 is 0. The molecule has 0 aliphatic heterocycles. The van der Waals surface area contributed by atoms with Crippen molar-refractivity contribution in [2.24, 2.45) is 0 Å². The second-order valence-corrected chi connectivity index (χ2v) is 1.62. The second-order valence-electron chi connectivity index (χ2n) is 1.62. The zero-order valence-corrected chi connectivity index (χ0v) is 5.87. The van der Waals surface area contributed by atoms with E-state index in [9.17, 15) is 14.3 Å². The fraction of sp³-hybridized carbons (Fsp3) is 0. The van der Waals surface area contributed by atoms with Crippen LogP contribution in [0.1, 0.15) is 10.5 Å². The van der Waals surface area contributed by atoms with Crippen LogP contribution in [0.15, 0.2) is 18.3 Å². The Morgan fingerprint density at radius 1 is 1.64 bits per heavy atom. The van der Waals surface area contributed by atoms with Gasteiger partial charge in [-0.3, -0.25) is 4.98 Å². The molecule has 52 valence electrons. The first-order valence-electron chi connectivity index (χ1n) is 2.53. The van der Waals surface area contributed by atoms with E-state index in [4.69, 9.17) is 0 Å². The maximum atomic E-state index is 12.4. The van der Waals surface area contributed by atoms with Gasteiger partial charge >= 0.3 is 18.9 Å². The topological polar surface area (TPSA) is 53.0 Å². The maximum Gasteiger partial charge on any atom is 1.00 e. The van der Waals surface area contributed by atoms with E-state index in [1.54, 1.807) is 0 Å². The van der Waals surface area contributed by atoms with E-state index in [1.807, 2.05) is 0 Å². The van der Waals surface area contributed by atoms with Crippen LogP contribution in [0.4, 0.5) is 4.39 Å². The summed E-state index contributed by atoms with van der Waals surface area (Å²) in [6, 6.07) is 2.32. The van der Waals surface area contributed by atoms with Crippen molar-refractivity contribution in [3.05, 3.63) is 29.8 Å². The van der Waals surface area contributed by atoms with Gasteiger partial charge in [0, 0.05) is 6.20 Å². The number of pyridine rings is 1. The summed E-state index contributed by atoms with van der Waals surface area (Å²) in [5.41, 5.74) is -0.650. The number of rotatable bonds is 1. The van der Waals surface area contributed by atoms with Crippen LogP contribution in [0.5, 0.6) is 0 Å². The predicted octanol–water partition coefficient (Wildman–Crippen LogP) is -3.41. The summed E-state index contributed by atoms with van der Waals surface area (Å²) in [5, 5.41) is 10.0. The molecule has 0 atom stereocenters. The van der Waals surface area contributed by atoms with Gasteiger partial charge in [0.1, 0.15) is 5.69 Å². The van der Waals surface area contributed by atoms with Crippen molar-refractivity contribution in [2.75, 3.05) is 0 Å². The molecule has 1 rings (SSSR count). The number of carboxylic acids is 1. The van der Waals surface area contributed by atoms with Gasteiger partial charge in [-0.25, -0.2) is 4.39 Å². The molecule has 0 fully saturated rings. The van der Waals surface area contributed by atoms with Gasteiger partial charge in [0.2, 0.25) is 0 Å². The van der Waals surface area contributed by atoms with E-state index < -0.39 is 17.5 Å². The quantitative estimate of drug-likeness (QED) is 0.389. The van der Waals surface area contributed by atoms with E-state index in [0.717, 1.165) is 6.07 Å². The minimum atomic E-state index is -1.60. The third-order valence-corrected chi connectivity index (χ3v) is 0.952. The Hall–Kier alpha value is -0.853. The molecule has 0 unspecified atom stereocenters. The molecule has 0 aromatic carbocycles. The molecule has 5 heteroatoms. The van der Waals surface area contributed by atoms with Gasteiger partial charge in [0.05, 0.1) is 5.97 Å². The largest absolute Gasteiger partial charge is 1.00 e. The first kappa shape index (κ1) is 10.1. The Morgan fingerprint density at radius 2 is 2.27 bits per heavy atom. The average Bonchev–Trinajstić information content (AvgIpc) is 1.88. The molecule has 0 radical (unpaired) electrons. The Morgan fingerprint density at radius 3 is 2.64 bits per heavy atom. The number of halogens is 1. The van der Waals surface area contributed by atoms with Gasteiger partial charge in [-0.1, -0.05) is 0 Å². The molecule has 1 aromatic heterocycles. The number of carboxylic acid groups (broad SMARTS) is 1. The van der Waals surface area contributed by atoms with Crippen LogP contribution in [0.2, 0.25) is 0 Å². The number of hydrogen-bond donors (Lipinski definition) is 0. The number of aromatic carboxylic acids is 1. The van der Waals surface area contributed by atoms with Crippen LogP contribution in [-0.4, -0.2) is 11.0 Å². The van der Waals surface area contributed by atoms with E-state index in [0.29, 0.717) is 0 Å². The fourth-order valence-corrected chi connectivity index (χ4v) is 0.536. The third kappa shape index (κ3) is 2.33. The third-order valence-electron chi connectivity index (χ3n) is 0.952. The summed E-state index contributed by atoms with van der Waals surface area (Å²) in [6.07, 6.45) is 1.19. The van der Waals surface area contributed by atoms with Crippen LogP contribution in [-0.2, 0) is 0 Å². The van der Waals surface area contributed by atoms with Crippen LogP contribution in [0.3, 0.4) is 0 Å². The van der Waals surface area contributed by atoms with Gasteiger partial charge in [0.25, 0.3) is 0 Å². The summed E-state index contributed by atoms with van der Waals surface area (Å²) < 4.78 is 12.4. The van der Waals surface area contributed by atoms with E-state index in [1.165, 1.54) is 12.3 Å². The van der Waals surface area contributed by atoms with Crippen molar-refractivity contribution in [3.8, 4) is 0 Å². The SMILES string of the molecule is O=C([O-])c1ncccc1F.[Li+]. The van der Waals surface area contributed by atoms with Crippen LogP contribution < -0.4 is 24.0 Å². The first-order chi connectivity index (χ1) is 4.72. The van der Waals surface area contributed by atoms with Gasteiger partial charge in [-0.2, -0.15) is 0 Å². The average molecular weight is 147 g/mol. The van der Waals surface area contributed by atoms with Crippen molar-refractivity contribution in [1.82, 2.24) is 4.98 Å². The standard InChI is InChI=1S/C6H4FNO2.Li/c7-4-2-1-3-8-5(4)6(9)10;/h1-3H,(H,9,10);/q;+1/p-1. The predicted molar refractivity (Wildman–Crippen MR) is 28.5 cm³/mol. The molecule has 0 N–H and O–H groups in total. The summed E-state index contributed by atoms with van der Waals surface area (Å²) in [6.45, 7) is 0. The number of nitrogens with zero attached hydrogens (tertiary/aromatic N) is 1. The van der Waals surface area contributed by atoms with Crippen LogP contribution >= 0.6 is 0 Å². The number of carbonyl (C=O) groups is 1. The first-order valence-corrected chi connectivity index (χ1v) is 2.53. The second kappa shape index (κ2) is 4.11. The molecule has 0 spiro atoms.